The standard InChI is InChI=1S/C23H30N4O3/c1-4-15-30-21-12-7-6-9-19(21)17-27-23(24-5-2)26-14-13-25-22(28)18-10-8-11-20(16-18)29-3/h4,6-12,16H,1,5,13-15,17H2,2-3H3,(H,25,28)(H2,24,26,27). The molecule has 0 atom stereocenters. The van der Waals surface area contributed by atoms with Gasteiger partial charge in [-0.3, -0.25) is 4.79 Å². The zero-order valence-electron chi connectivity index (χ0n) is 17.6. The Hall–Kier alpha value is -3.48. The lowest BCUT2D eigenvalue weighted by Gasteiger charge is -2.13. The van der Waals surface area contributed by atoms with Crippen molar-refractivity contribution in [3.63, 3.8) is 0 Å². The number of aliphatic imine (C=N–C) groups is 1. The van der Waals surface area contributed by atoms with Crippen LogP contribution in [0.25, 0.3) is 0 Å². The van der Waals surface area contributed by atoms with Gasteiger partial charge in [-0.1, -0.05) is 36.9 Å². The number of nitrogens with one attached hydrogen (secondary N) is 3. The van der Waals surface area contributed by atoms with Crippen molar-refractivity contribution in [2.75, 3.05) is 33.4 Å². The molecule has 2 aromatic rings. The van der Waals surface area contributed by atoms with Gasteiger partial charge >= 0.3 is 0 Å². The van der Waals surface area contributed by atoms with E-state index in [0.717, 1.165) is 17.9 Å². The van der Waals surface area contributed by atoms with Gasteiger partial charge in [-0.25, -0.2) is 4.99 Å². The van der Waals surface area contributed by atoms with E-state index in [2.05, 4.69) is 27.5 Å². The third-order valence-corrected chi connectivity index (χ3v) is 4.12. The highest BCUT2D eigenvalue weighted by Crippen LogP contribution is 2.18. The van der Waals surface area contributed by atoms with Crippen molar-refractivity contribution in [2.45, 2.75) is 13.5 Å². The summed E-state index contributed by atoms with van der Waals surface area (Å²) in [6.07, 6.45) is 1.71. The van der Waals surface area contributed by atoms with E-state index in [0.29, 0.717) is 43.5 Å². The minimum absolute atomic E-state index is 0.147. The fourth-order valence-corrected chi connectivity index (χ4v) is 2.65. The summed E-state index contributed by atoms with van der Waals surface area (Å²) < 4.78 is 10.8. The van der Waals surface area contributed by atoms with Crippen LogP contribution in [-0.2, 0) is 6.54 Å². The molecule has 3 N–H and O–H groups in total. The molecule has 30 heavy (non-hydrogen) atoms. The third-order valence-electron chi connectivity index (χ3n) is 4.12. The predicted octanol–water partition coefficient (Wildman–Crippen LogP) is 2.75. The molecule has 0 aliphatic rings. The molecule has 0 saturated carbocycles. The van der Waals surface area contributed by atoms with Crippen LogP contribution in [0.1, 0.15) is 22.8 Å². The minimum Gasteiger partial charge on any atom is -0.497 e. The second kappa shape index (κ2) is 12.9. The number of guanidine groups is 1. The number of carbonyl (C=O) groups is 1. The number of hydrogen-bond donors (Lipinski definition) is 3. The Labute approximate surface area is 178 Å². The van der Waals surface area contributed by atoms with E-state index in [-0.39, 0.29) is 5.91 Å². The average Bonchev–Trinajstić information content (AvgIpc) is 2.79. The normalized spacial score (nSPS) is 10.8. The zero-order chi connectivity index (χ0) is 21.6. The van der Waals surface area contributed by atoms with E-state index in [4.69, 9.17) is 9.47 Å². The van der Waals surface area contributed by atoms with Crippen molar-refractivity contribution in [1.82, 2.24) is 16.0 Å². The summed E-state index contributed by atoms with van der Waals surface area (Å²) in [6.45, 7) is 8.33. The largest absolute Gasteiger partial charge is 0.497 e. The lowest BCUT2D eigenvalue weighted by atomic mass is 10.2. The molecule has 0 bridgehead atoms. The molecule has 7 heteroatoms. The molecule has 7 nitrogen and oxygen atoms in total. The Morgan fingerprint density at radius 3 is 2.67 bits per heavy atom. The van der Waals surface area contributed by atoms with E-state index >= 15 is 0 Å². The molecular weight excluding hydrogens is 380 g/mol. The summed E-state index contributed by atoms with van der Waals surface area (Å²) in [6, 6.07) is 14.8. The van der Waals surface area contributed by atoms with Crippen molar-refractivity contribution in [3.05, 3.63) is 72.3 Å². The molecule has 0 radical (unpaired) electrons. The molecule has 0 saturated heterocycles. The van der Waals surface area contributed by atoms with Gasteiger partial charge in [0.25, 0.3) is 5.91 Å². The van der Waals surface area contributed by atoms with Crippen LogP contribution in [0.4, 0.5) is 0 Å². The molecule has 0 spiro atoms. The van der Waals surface area contributed by atoms with Gasteiger partial charge in [0.2, 0.25) is 0 Å². The fraction of sp³-hybridized carbons (Fsp3) is 0.304. The van der Waals surface area contributed by atoms with Gasteiger partial charge in [0.05, 0.1) is 13.7 Å². The van der Waals surface area contributed by atoms with Gasteiger partial charge in [0, 0.05) is 30.8 Å². The van der Waals surface area contributed by atoms with Crippen LogP contribution in [0.2, 0.25) is 0 Å². The van der Waals surface area contributed by atoms with E-state index < -0.39 is 0 Å². The van der Waals surface area contributed by atoms with E-state index in [9.17, 15) is 4.79 Å². The van der Waals surface area contributed by atoms with Crippen molar-refractivity contribution < 1.29 is 14.3 Å². The van der Waals surface area contributed by atoms with Crippen molar-refractivity contribution in [3.8, 4) is 11.5 Å². The van der Waals surface area contributed by atoms with Gasteiger partial charge in [0.1, 0.15) is 18.1 Å². The number of benzene rings is 2. The Bertz CT molecular complexity index is 852. The highest BCUT2D eigenvalue weighted by atomic mass is 16.5. The third kappa shape index (κ3) is 7.50. The highest BCUT2D eigenvalue weighted by Gasteiger charge is 2.06. The van der Waals surface area contributed by atoms with Crippen LogP contribution < -0.4 is 25.4 Å². The molecule has 0 aromatic heterocycles. The van der Waals surface area contributed by atoms with Crippen LogP contribution >= 0.6 is 0 Å². The van der Waals surface area contributed by atoms with E-state index in [1.54, 1.807) is 37.5 Å². The first-order valence-corrected chi connectivity index (χ1v) is 9.94. The second-order valence-corrected chi connectivity index (χ2v) is 6.32. The summed E-state index contributed by atoms with van der Waals surface area (Å²) in [5, 5.41) is 9.31. The van der Waals surface area contributed by atoms with Gasteiger partial charge in [-0.2, -0.15) is 0 Å². The first kappa shape index (κ1) is 22.8. The first-order valence-electron chi connectivity index (χ1n) is 9.94. The second-order valence-electron chi connectivity index (χ2n) is 6.32. The Balaban J connectivity index is 1.86. The zero-order valence-corrected chi connectivity index (χ0v) is 17.6. The van der Waals surface area contributed by atoms with E-state index in [1.165, 1.54) is 0 Å². The Morgan fingerprint density at radius 1 is 1.10 bits per heavy atom. The fourth-order valence-electron chi connectivity index (χ4n) is 2.65. The lowest BCUT2D eigenvalue weighted by Crippen LogP contribution is -2.41. The molecule has 0 aliphatic carbocycles. The van der Waals surface area contributed by atoms with Gasteiger partial charge < -0.3 is 25.4 Å². The maximum atomic E-state index is 12.3. The number of hydrogen-bond acceptors (Lipinski definition) is 4. The number of amides is 1. The van der Waals surface area contributed by atoms with Crippen LogP contribution in [-0.4, -0.2) is 45.2 Å². The van der Waals surface area contributed by atoms with Crippen LogP contribution in [0.15, 0.2) is 66.2 Å². The quantitative estimate of drug-likeness (QED) is 0.230. The van der Waals surface area contributed by atoms with Crippen LogP contribution in [0.5, 0.6) is 11.5 Å². The summed E-state index contributed by atoms with van der Waals surface area (Å²) in [5.41, 5.74) is 1.55. The van der Waals surface area contributed by atoms with Gasteiger partial charge in [0.15, 0.2) is 5.96 Å². The van der Waals surface area contributed by atoms with Crippen molar-refractivity contribution in [2.24, 2.45) is 4.99 Å². The topological polar surface area (TPSA) is 84.0 Å². The maximum Gasteiger partial charge on any atom is 0.251 e. The van der Waals surface area contributed by atoms with Crippen molar-refractivity contribution >= 4 is 11.9 Å². The highest BCUT2D eigenvalue weighted by molar-refractivity contribution is 5.94. The number of nitrogens with zero attached hydrogens (tertiary/aromatic N) is 1. The summed E-state index contributed by atoms with van der Waals surface area (Å²) in [4.78, 5) is 16.9. The Kier molecular flexibility index (Phi) is 9.79. The molecule has 0 unspecified atom stereocenters. The summed E-state index contributed by atoms with van der Waals surface area (Å²) in [7, 11) is 1.58. The smallest absolute Gasteiger partial charge is 0.251 e. The molecule has 2 aromatic carbocycles. The first-order chi connectivity index (χ1) is 14.7. The number of rotatable bonds is 11. The van der Waals surface area contributed by atoms with Crippen molar-refractivity contribution in [1.29, 1.82) is 0 Å². The predicted molar refractivity (Wildman–Crippen MR) is 120 cm³/mol. The number of carbonyl (C=O) groups excluding carboxylic acids is 1. The Morgan fingerprint density at radius 2 is 1.90 bits per heavy atom. The number of ether oxygens (including phenoxy) is 2. The number of para-hydroxylation sites is 1. The number of methoxy groups -OCH3 is 1. The van der Waals surface area contributed by atoms with Gasteiger partial charge in [-0.05, 0) is 31.2 Å². The van der Waals surface area contributed by atoms with Crippen LogP contribution in [0, 0.1) is 0 Å². The average molecular weight is 411 g/mol. The molecule has 2 rings (SSSR count). The molecule has 0 heterocycles. The maximum absolute atomic E-state index is 12.3. The molecular formula is C23H30N4O3. The molecule has 1 amide bonds. The van der Waals surface area contributed by atoms with Gasteiger partial charge in [-0.15, -0.1) is 0 Å². The van der Waals surface area contributed by atoms with Crippen LogP contribution in [0.3, 0.4) is 0 Å². The molecule has 160 valence electrons. The molecule has 0 fully saturated rings. The summed E-state index contributed by atoms with van der Waals surface area (Å²) >= 11 is 0. The molecule has 0 aliphatic heterocycles. The van der Waals surface area contributed by atoms with E-state index in [1.807, 2.05) is 31.2 Å². The monoisotopic (exact) mass is 410 g/mol. The minimum atomic E-state index is -0.147. The lowest BCUT2D eigenvalue weighted by molar-refractivity contribution is 0.0954. The summed E-state index contributed by atoms with van der Waals surface area (Å²) in [5.74, 6) is 1.97. The SMILES string of the molecule is C=CCOc1ccccc1CN=C(NCC)NCCNC(=O)c1cccc(OC)c1.